The van der Waals surface area contributed by atoms with Crippen LogP contribution in [0, 0.1) is 0 Å². The Hall–Kier alpha value is -2.70. The maximum Gasteiger partial charge on any atom is 0.336 e. The number of hydrogen-bond acceptors (Lipinski definition) is 4. The van der Waals surface area contributed by atoms with Gasteiger partial charge in [0, 0.05) is 0 Å². The number of hydrogen-bond donors (Lipinski definition) is 4. The third-order valence-corrected chi connectivity index (χ3v) is 3.87. The van der Waals surface area contributed by atoms with Crippen LogP contribution in [0.3, 0.4) is 0 Å². The van der Waals surface area contributed by atoms with Gasteiger partial charge in [0.2, 0.25) is 0 Å². The van der Waals surface area contributed by atoms with Gasteiger partial charge in [-0.15, -0.1) is 0 Å². The first kappa shape index (κ1) is 20.3. The lowest BCUT2D eigenvalue weighted by molar-refractivity contribution is 0.0651. The first-order valence-electron chi connectivity index (χ1n) is 7.96. The molecule has 0 aliphatic heterocycles. The molecule has 0 saturated heterocycles. The zero-order valence-corrected chi connectivity index (χ0v) is 14.4. The first-order chi connectivity index (χ1) is 11.7. The van der Waals surface area contributed by atoms with Crippen LogP contribution in [0.5, 0.6) is 0 Å². The van der Waals surface area contributed by atoms with E-state index in [-0.39, 0.29) is 11.1 Å². The lowest BCUT2D eigenvalue weighted by atomic mass is 9.92. The van der Waals surface area contributed by atoms with Crippen molar-refractivity contribution in [1.29, 1.82) is 0 Å². The molecule has 0 heterocycles. The maximum absolute atomic E-state index is 10.5. The van der Waals surface area contributed by atoms with Gasteiger partial charge in [0.15, 0.2) is 0 Å². The molecule has 0 aliphatic rings. The molecule has 25 heavy (non-hydrogen) atoms. The highest BCUT2D eigenvalue weighted by Gasteiger charge is 2.21. The average molecular weight is 344 g/mol. The molecule has 0 unspecified atom stereocenters. The van der Waals surface area contributed by atoms with Crippen molar-refractivity contribution in [2.45, 2.75) is 32.4 Å². The Morgan fingerprint density at radius 2 is 1.32 bits per heavy atom. The molecule has 2 aromatic carbocycles. The van der Waals surface area contributed by atoms with Crippen LogP contribution in [0.15, 0.2) is 48.5 Å². The number of carboxylic acids is 2. The van der Waals surface area contributed by atoms with Crippen LogP contribution in [0.4, 0.5) is 0 Å². The van der Waals surface area contributed by atoms with Crippen LogP contribution >= 0.6 is 0 Å². The monoisotopic (exact) mass is 344 g/mol. The van der Waals surface area contributed by atoms with Crippen LogP contribution < -0.4 is 11.5 Å². The van der Waals surface area contributed by atoms with Gasteiger partial charge in [0.25, 0.3) is 0 Å². The largest absolute Gasteiger partial charge is 0.478 e. The second-order valence-electron chi connectivity index (χ2n) is 5.56. The molecule has 6 heteroatoms. The Kier molecular flexibility index (Phi) is 7.29. The summed E-state index contributed by atoms with van der Waals surface area (Å²) in [5.41, 5.74) is 13.2. The van der Waals surface area contributed by atoms with E-state index in [0.29, 0.717) is 0 Å². The molecule has 2 aromatic rings. The van der Waals surface area contributed by atoms with E-state index in [1.165, 1.54) is 29.8 Å². The lowest BCUT2D eigenvalue weighted by Crippen LogP contribution is -2.46. The third kappa shape index (κ3) is 5.41. The van der Waals surface area contributed by atoms with Gasteiger partial charge in [-0.1, -0.05) is 50.2 Å². The number of rotatable bonds is 5. The van der Waals surface area contributed by atoms with Crippen molar-refractivity contribution in [2.24, 2.45) is 11.5 Å². The van der Waals surface area contributed by atoms with Crippen molar-refractivity contribution >= 4 is 11.9 Å². The summed E-state index contributed by atoms with van der Waals surface area (Å²) in [6, 6.07) is 13.6. The molecular weight excluding hydrogens is 320 g/mol. The summed E-state index contributed by atoms with van der Waals surface area (Å²) in [5, 5.41) is 17.1. The fourth-order valence-corrected chi connectivity index (χ4v) is 2.33. The molecule has 0 aromatic heterocycles. The highest BCUT2D eigenvalue weighted by atomic mass is 16.4. The van der Waals surface area contributed by atoms with E-state index < -0.39 is 17.6 Å². The van der Waals surface area contributed by atoms with Crippen molar-refractivity contribution in [3.63, 3.8) is 0 Å². The minimum atomic E-state index is -1.23. The summed E-state index contributed by atoms with van der Waals surface area (Å²) in [5.74, 6) is -2.46. The summed E-state index contributed by atoms with van der Waals surface area (Å²) in [6.45, 7) is 4.12. The SMILES string of the molecule is CCc1ccccc1C(N)(N)CC.O=C(O)c1ccccc1C(=O)O. The topological polar surface area (TPSA) is 127 Å². The molecule has 2 rings (SSSR count). The van der Waals surface area contributed by atoms with Gasteiger partial charge in [-0.25, -0.2) is 9.59 Å². The minimum absolute atomic E-state index is 0.190. The smallest absolute Gasteiger partial charge is 0.336 e. The predicted octanol–water partition coefficient (Wildman–Crippen LogP) is 2.81. The van der Waals surface area contributed by atoms with Gasteiger partial charge in [-0.05, 0) is 36.1 Å². The second kappa shape index (κ2) is 8.96. The standard InChI is InChI=1S/C11H18N2.C8H6O4/c1-3-9-7-5-6-8-10(9)11(12,13)4-2;9-7(10)5-3-1-2-4-6(5)8(11)12/h5-8H,3-4,12-13H2,1-2H3;1-4H,(H,9,10)(H,11,12). The Bertz CT molecular complexity index is 709. The van der Waals surface area contributed by atoms with E-state index in [9.17, 15) is 9.59 Å². The van der Waals surface area contributed by atoms with Gasteiger partial charge < -0.3 is 21.7 Å². The molecule has 0 radical (unpaired) electrons. The number of aryl methyl sites for hydroxylation is 1. The third-order valence-electron chi connectivity index (χ3n) is 3.87. The Labute approximate surface area is 147 Å². The maximum atomic E-state index is 10.5. The minimum Gasteiger partial charge on any atom is -0.478 e. The summed E-state index contributed by atoms with van der Waals surface area (Å²) in [4.78, 5) is 20.9. The second-order valence-corrected chi connectivity index (χ2v) is 5.56. The summed E-state index contributed by atoms with van der Waals surface area (Å²) >= 11 is 0. The zero-order valence-electron chi connectivity index (χ0n) is 14.4. The molecule has 6 nitrogen and oxygen atoms in total. The molecule has 134 valence electrons. The normalized spacial score (nSPS) is 10.6. The zero-order chi connectivity index (χ0) is 19.0. The Morgan fingerprint density at radius 3 is 1.72 bits per heavy atom. The van der Waals surface area contributed by atoms with Gasteiger partial charge in [0.05, 0.1) is 16.8 Å². The summed E-state index contributed by atoms with van der Waals surface area (Å²) in [6.07, 6.45) is 1.73. The van der Waals surface area contributed by atoms with Gasteiger partial charge >= 0.3 is 11.9 Å². The molecular formula is C19H24N2O4. The summed E-state index contributed by atoms with van der Waals surface area (Å²) < 4.78 is 0. The molecule has 6 N–H and O–H groups in total. The van der Waals surface area contributed by atoms with Crippen LogP contribution in [0.2, 0.25) is 0 Å². The molecule has 0 amide bonds. The molecule has 0 aliphatic carbocycles. The van der Waals surface area contributed by atoms with E-state index in [1.54, 1.807) is 0 Å². The van der Waals surface area contributed by atoms with Gasteiger partial charge in [-0.3, -0.25) is 0 Å². The van der Waals surface area contributed by atoms with Crippen LogP contribution in [0.1, 0.15) is 52.1 Å². The van der Waals surface area contributed by atoms with Gasteiger partial charge in [-0.2, -0.15) is 0 Å². The quantitative estimate of drug-likeness (QED) is 0.618. The number of benzene rings is 2. The Balaban J connectivity index is 0.000000251. The van der Waals surface area contributed by atoms with Crippen molar-refractivity contribution in [2.75, 3.05) is 0 Å². The number of nitrogens with two attached hydrogens (primary N) is 2. The van der Waals surface area contributed by atoms with Crippen LogP contribution in [0.25, 0.3) is 0 Å². The van der Waals surface area contributed by atoms with E-state index in [1.807, 2.05) is 25.1 Å². The van der Waals surface area contributed by atoms with Gasteiger partial charge in [0.1, 0.15) is 0 Å². The molecule has 0 saturated carbocycles. The van der Waals surface area contributed by atoms with E-state index in [2.05, 4.69) is 13.0 Å². The lowest BCUT2D eigenvalue weighted by Gasteiger charge is -2.25. The predicted molar refractivity (Wildman–Crippen MR) is 96.5 cm³/mol. The summed E-state index contributed by atoms with van der Waals surface area (Å²) in [7, 11) is 0. The number of aromatic carboxylic acids is 2. The Morgan fingerprint density at radius 1 is 0.880 bits per heavy atom. The number of carboxylic acid groups (broad SMARTS) is 2. The van der Waals surface area contributed by atoms with Crippen LogP contribution in [-0.2, 0) is 12.1 Å². The fraction of sp³-hybridized carbons (Fsp3) is 0.263. The first-order valence-corrected chi connectivity index (χ1v) is 7.96. The molecule has 0 fully saturated rings. The highest BCUT2D eigenvalue weighted by molar-refractivity contribution is 6.01. The number of carbonyl (C=O) groups is 2. The molecule has 0 spiro atoms. The van der Waals surface area contributed by atoms with E-state index >= 15 is 0 Å². The van der Waals surface area contributed by atoms with Crippen molar-refractivity contribution in [1.82, 2.24) is 0 Å². The van der Waals surface area contributed by atoms with Crippen molar-refractivity contribution < 1.29 is 19.8 Å². The van der Waals surface area contributed by atoms with Crippen molar-refractivity contribution in [3.8, 4) is 0 Å². The van der Waals surface area contributed by atoms with Crippen molar-refractivity contribution in [3.05, 3.63) is 70.8 Å². The average Bonchev–Trinajstić information content (AvgIpc) is 2.62. The molecule has 0 bridgehead atoms. The van der Waals surface area contributed by atoms with Crippen LogP contribution in [-0.4, -0.2) is 22.2 Å². The highest BCUT2D eigenvalue weighted by Crippen LogP contribution is 2.20. The van der Waals surface area contributed by atoms with E-state index in [0.717, 1.165) is 18.4 Å². The molecule has 0 atom stereocenters. The van der Waals surface area contributed by atoms with E-state index in [4.69, 9.17) is 21.7 Å². The fourth-order valence-electron chi connectivity index (χ4n) is 2.33.